The number of nitrogens with zero attached hydrogens (tertiary/aromatic N) is 1. The third-order valence-electron chi connectivity index (χ3n) is 3.98. The molecular weight excluding hydrogens is 268 g/mol. The SMILES string of the molecule is CCCCN(C)[C@@H](C)C(=O)c1[nH]c(C)c(C(=O)OC)c1C. The van der Waals surface area contributed by atoms with Crippen LogP contribution in [-0.2, 0) is 4.74 Å². The summed E-state index contributed by atoms with van der Waals surface area (Å²) < 4.78 is 4.77. The number of H-pyrrole nitrogens is 1. The second-order valence-electron chi connectivity index (χ2n) is 5.49. The zero-order chi connectivity index (χ0) is 16.2. The molecule has 118 valence electrons. The molecule has 5 heteroatoms. The summed E-state index contributed by atoms with van der Waals surface area (Å²) in [6, 6.07) is -0.223. The molecule has 0 saturated carbocycles. The Kier molecular flexibility index (Phi) is 6.15. The van der Waals surface area contributed by atoms with Gasteiger partial charge in [0.05, 0.1) is 24.4 Å². The van der Waals surface area contributed by atoms with Gasteiger partial charge in [-0.15, -0.1) is 0 Å². The highest BCUT2D eigenvalue weighted by molar-refractivity contribution is 6.03. The number of likely N-dealkylation sites (N-methyl/N-ethyl adjacent to an activating group) is 1. The van der Waals surface area contributed by atoms with Crippen molar-refractivity contribution in [3.05, 3.63) is 22.5 Å². The van der Waals surface area contributed by atoms with E-state index in [1.54, 1.807) is 13.8 Å². The van der Waals surface area contributed by atoms with Crippen molar-refractivity contribution < 1.29 is 14.3 Å². The zero-order valence-corrected chi connectivity index (χ0v) is 13.9. The van der Waals surface area contributed by atoms with Gasteiger partial charge in [0.15, 0.2) is 5.78 Å². The summed E-state index contributed by atoms with van der Waals surface area (Å²) in [6.45, 7) is 8.46. The smallest absolute Gasteiger partial charge is 0.339 e. The number of rotatable bonds is 7. The average Bonchev–Trinajstić information content (AvgIpc) is 2.77. The van der Waals surface area contributed by atoms with Crippen molar-refractivity contribution in [2.24, 2.45) is 0 Å². The number of carbonyl (C=O) groups is 2. The number of methoxy groups -OCH3 is 1. The van der Waals surface area contributed by atoms with Gasteiger partial charge in [-0.3, -0.25) is 9.69 Å². The third-order valence-corrected chi connectivity index (χ3v) is 3.98. The predicted molar refractivity (Wildman–Crippen MR) is 82.9 cm³/mol. The Labute approximate surface area is 126 Å². The first-order valence-electron chi connectivity index (χ1n) is 7.37. The summed E-state index contributed by atoms with van der Waals surface area (Å²) >= 11 is 0. The lowest BCUT2D eigenvalue weighted by Gasteiger charge is -2.23. The van der Waals surface area contributed by atoms with Crippen molar-refractivity contribution in [2.75, 3.05) is 20.7 Å². The molecule has 1 heterocycles. The summed E-state index contributed by atoms with van der Waals surface area (Å²) in [4.78, 5) is 29.5. The van der Waals surface area contributed by atoms with Crippen LogP contribution in [0.3, 0.4) is 0 Å². The number of Topliss-reactive ketones (excluding diaryl/α,β-unsaturated/α-hetero) is 1. The van der Waals surface area contributed by atoms with Gasteiger partial charge in [-0.25, -0.2) is 4.79 Å². The number of carbonyl (C=O) groups excluding carboxylic acids is 2. The number of esters is 1. The number of ether oxygens (including phenoxy) is 1. The first-order valence-corrected chi connectivity index (χ1v) is 7.37. The molecule has 5 nitrogen and oxygen atoms in total. The molecule has 1 aromatic heterocycles. The van der Waals surface area contributed by atoms with E-state index in [1.165, 1.54) is 7.11 Å². The molecule has 1 rings (SSSR count). The van der Waals surface area contributed by atoms with Crippen LogP contribution in [0.25, 0.3) is 0 Å². The maximum absolute atomic E-state index is 12.6. The zero-order valence-electron chi connectivity index (χ0n) is 13.9. The minimum atomic E-state index is -0.410. The lowest BCUT2D eigenvalue weighted by atomic mass is 10.0. The standard InChI is InChI=1S/C16H26N2O3/c1-7-8-9-18(5)12(4)15(19)14-10(2)13(11(3)17-14)16(20)21-6/h12,17H,7-9H2,1-6H3/t12-/m0/s1. The molecule has 1 N–H and O–H groups in total. The largest absolute Gasteiger partial charge is 0.465 e. The van der Waals surface area contributed by atoms with Gasteiger partial charge in [-0.2, -0.15) is 0 Å². The van der Waals surface area contributed by atoms with E-state index in [4.69, 9.17) is 4.74 Å². The molecule has 0 unspecified atom stereocenters. The van der Waals surface area contributed by atoms with E-state index in [9.17, 15) is 9.59 Å². The van der Waals surface area contributed by atoms with Crippen molar-refractivity contribution in [3.8, 4) is 0 Å². The van der Waals surface area contributed by atoms with Crippen molar-refractivity contribution in [3.63, 3.8) is 0 Å². The topological polar surface area (TPSA) is 62.4 Å². The number of aryl methyl sites for hydroxylation is 1. The molecule has 0 spiro atoms. The van der Waals surface area contributed by atoms with Crippen LogP contribution < -0.4 is 0 Å². The van der Waals surface area contributed by atoms with Gasteiger partial charge in [-0.05, 0) is 46.3 Å². The first kappa shape index (κ1) is 17.4. The maximum Gasteiger partial charge on any atom is 0.339 e. The molecule has 0 aromatic carbocycles. The molecule has 0 saturated heterocycles. The fraction of sp³-hybridized carbons (Fsp3) is 0.625. The van der Waals surface area contributed by atoms with Crippen LogP contribution in [0.4, 0.5) is 0 Å². The number of ketones is 1. The van der Waals surface area contributed by atoms with Crippen molar-refractivity contribution >= 4 is 11.8 Å². The Morgan fingerprint density at radius 3 is 2.48 bits per heavy atom. The van der Waals surface area contributed by atoms with Crippen molar-refractivity contribution in [2.45, 2.75) is 46.6 Å². The summed E-state index contributed by atoms with van der Waals surface area (Å²) in [5.41, 5.74) is 2.30. The minimum Gasteiger partial charge on any atom is -0.465 e. The summed E-state index contributed by atoms with van der Waals surface area (Å²) in [6.07, 6.45) is 2.16. The van der Waals surface area contributed by atoms with Gasteiger partial charge < -0.3 is 9.72 Å². The molecule has 0 bridgehead atoms. The molecule has 0 aliphatic rings. The van der Waals surface area contributed by atoms with E-state index in [2.05, 4.69) is 11.9 Å². The van der Waals surface area contributed by atoms with Crippen molar-refractivity contribution in [1.82, 2.24) is 9.88 Å². The Morgan fingerprint density at radius 2 is 1.95 bits per heavy atom. The number of aromatic nitrogens is 1. The molecular formula is C16H26N2O3. The summed E-state index contributed by atoms with van der Waals surface area (Å²) in [5, 5.41) is 0. The molecule has 0 aliphatic heterocycles. The van der Waals surface area contributed by atoms with Gasteiger partial charge >= 0.3 is 5.97 Å². The van der Waals surface area contributed by atoms with Crippen LogP contribution in [0, 0.1) is 13.8 Å². The Morgan fingerprint density at radius 1 is 1.33 bits per heavy atom. The molecule has 0 radical (unpaired) electrons. The lowest BCUT2D eigenvalue weighted by Crippen LogP contribution is -2.37. The van der Waals surface area contributed by atoms with Crippen LogP contribution in [0.2, 0.25) is 0 Å². The average molecular weight is 294 g/mol. The van der Waals surface area contributed by atoms with Crippen LogP contribution in [0.1, 0.15) is 58.8 Å². The van der Waals surface area contributed by atoms with Gasteiger partial charge in [0.2, 0.25) is 0 Å². The summed E-state index contributed by atoms with van der Waals surface area (Å²) in [7, 11) is 3.29. The first-order chi connectivity index (χ1) is 9.84. The number of nitrogens with one attached hydrogen (secondary N) is 1. The van der Waals surface area contributed by atoms with E-state index in [0.29, 0.717) is 22.5 Å². The van der Waals surface area contributed by atoms with E-state index in [0.717, 1.165) is 19.4 Å². The normalized spacial score (nSPS) is 12.5. The highest BCUT2D eigenvalue weighted by Crippen LogP contribution is 2.21. The third kappa shape index (κ3) is 3.73. The van der Waals surface area contributed by atoms with Crippen molar-refractivity contribution in [1.29, 1.82) is 0 Å². The summed E-state index contributed by atoms with van der Waals surface area (Å²) in [5.74, 6) is -0.406. The second-order valence-corrected chi connectivity index (χ2v) is 5.49. The Bertz CT molecular complexity index is 520. The van der Waals surface area contributed by atoms with Crippen LogP contribution >= 0.6 is 0 Å². The lowest BCUT2D eigenvalue weighted by molar-refractivity contribution is 0.0599. The maximum atomic E-state index is 12.6. The quantitative estimate of drug-likeness (QED) is 0.620. The second kappa shape index (κ2) is 7.41. The molecule has 0 aliphatic carbocycles. The minimum absolute atomic E-state index is 0.00403. The number of hydrogen-bond acceptors (Lipinski definition) is 4. The van der Waals surface area contributed by atoms with Crippen LogP contribution in [0.15, 0.2) is 0 Å². The number of aromatic amines is 1. The van der Waals surface area contributed by atoms with Gasteiger partial charge in [0, 0.05) is 5.69 Å². The van der Waals surface area contributed by atoms with E-state index in [-0.39, 0.29) is 11.8 Å². The fourth-order valence-corrected chi connectivity index (χ4v) is 2.41. The van der Waals surface area contributed by atoms with Crippen LogP contribution in [0.5, 0.6) is 0 Å². The Hall–Kier alpha value is -1.62. The molecule has 0 fully saturated rings. The van der Waals surface area contributed by atoms with Gasteiger partial charge in [0.1, 0.15) is 0 Å². The predicted octanol–water partition coefficient (Wildman–Crippen LogP) is 2.72. The highest BCUT2D eigenvalue weighted by Gasteiger charge is 2.26. The molecule has 1 atom stereocenters. The van der Waals surface area contributed by atoms with E-state index < -0.39 is 5.97 Å². The number of unbranched alkanes of at least 4 members (excludes halogenated alkanes) is 1. The van der Waals surface area contributed by atoms with Gasteiger partial charge in [0.25, 0.3) is 0 Å². The molecule has 21 heavy (non-hydrogen) atoms. The fourth-order valence-electron chi connectivity index (χ4n) is 2.41. The highest BCUT2D eigenvalue weighted by atomic mass is 16.5. The molecule has 0 amide bonds. The van der Waals surface area contributed by atoms with Gasteiger partial charge in [-0.1, -0.05) is 13.3 Å². The monoisotopic (exact) mass is 294 g/mol. The Balaban J connectivity index is 3.00. The van der Waals surface area contributed by atoms with E-state index in [1.807, 2.05) is 18.9 Å². The number of hydrogen-bond donors (Lipinski definition) is 1. The molecule has 1 aromatic rings. The van der Waals surface area contributed by atoms with E-state index >= 15 is 0 Å². The van der Waals surface area contributed by atoms with Crippen LogP contribution in [-0.4, -0.2) is 48.4 Å².